The first-order valence-electron chi connectivity index (χ1n) is 5.72. The largest absolute Gasteiger partial charge is 0.447 e. The van der Waals surface area contributed by atoms with Gasteiger partial charge in [-0.3, -0.25) is 0 Å². The normalized spacial score (nSPS) is 10.4. The van der Waals surface area contributed by atoms with Crippen LogP contribution in [0.5, 0.6) is 0 Å². The third kappa shape index (κ3) is 4.44. The Balaban J connectivity index is 2.55. The summed E-state index contributed by atoms with van der Waals surface area (Å²) in [4.78, 5) is 13.1. The van der Waals surface area contributed by atoms with E-state index in [4.69, 9.17) is 10.5 Å². The molecule has 0 saturated carbocycles. The van der Waals surface area contributed by atoms with E-state index in [0.717, 1.165) is 11.1 Å². The van der Waals surface area contributed by atoms with E-state index in [-0.39, 0.29) is 12.2 Å². The lowest BCUT2D eigenvalue weighted by atomic mass is 10.1. The van der Waals surface area contributed by atoms with Gasteiger partial charge in [0.1, 0.15) is 0 Å². The second kappa shape index (κ2) is 6.25. The van der Waals surface area contributed by atoms with E-state index >= 15 is 0 Å². The summed E-state index contributed by atoms with van der Waals surface area (Å²) in [6.07, 6.45) is -0.396. The first-order valence-corrected chi connectivity index (χ1v) is 5.72. The standard InChI is InChI=1S/C13H20N2O2/c1-10(2)17-13(16)15(3)9-12-6-4-11(8-14)5-7-12/h4-7,10H,8-9,14H2,1-3H3. The second-order valence-corrected chi connectivity index (χ2v) is 4.31. The van der Waals surface area contributed by atoms with Gasteiger partial charge in [-0.1, -0.05) is 24.3 Å². The predicted molar refractivity (Wildman–Crippen MR) is 67.4 cm³/mol. The van der Waals surface area contributed by atoms with E-state index in [1.807, 2.05) is 38.1 Å². The smallest absolute Gasteiger partial charge is 0.410 e. The molecule has 0 saturated heterocycles. The molecule has 4 nitrogen and oxygen atoms in total. The van der Waals surface area contributed by atoms with Gasteiger partial charge in [-0.05, 0) is 25.0 Å². The van der Waals surface area contributed by atoms with Gasteiger partial charge < -0.3 is 15.4 Å². The van der Waals surface area contributed by atoms with Crippen molar-refractivity contribution in [1.82, 2.24) is 4.90 Å². The number of benzene rings is 1. The number of hydrogen-bond donors (Lipinski definition) is 1. The Labute approximate surface area is 102 Å². The number of amides is 1. The number of carbonyl (C=O) groups is 1. The van der Waals surface area contributed by atoms with Gasteiger partial charge in [0.2, 0.25) is 0 Å². The van der Waals surface area contributed by atoms with Crippen molar-refractivity contribution in [3.8, 4) is 0 Å². The van der Waals surface area contributed by atoms with Crippen LogP contribution in [0.3, 0.4) is 0 Å². The summed E-state index contributed by atoms with van der Waals surface area (Å²) in [5.41, 5.74) is 7.66. The first kappa shape index (κ1) is 13.5. The average molecular weight is 236 g/mol. The highest BCUT2D eigenvalue weighted by Gasteiger charge is 2.11. The third-order valence-corrected chi connectivity index (χ3v) is 2.33. The van der Waals surface area contributed by atoms with E-state index in [2.05, 4.69) is 0 Å². The van der Waals surface area contributed by atoms with Crippen LogP contribution in [0.2, 0.25) is 0 Å². The number of rotatable bonds is 4. The van der Waals surface area contributed by atoms with Crippen LogP contribution < -0.4 is 5.73 Å². The number of hydrogen-bond acceptors (Lipinski definition) is 3. The topological polar surface area (TPSA) is 55.6 Å². The minimum absolute atomic E-state index is 0.0930. The second-order valence-electron chi connectivity index (χ2n) is 4.31. The fourth-order valence-corrected chi connectivity index (χ4v) is 1.41. The summed E-state index contributed by atoms with van der Waals surface area (Å²) in [6, 6.07) is 7.89. The molecule has 94 valence electrons. The molecule has 0 spiro atoms. The Kier molecular flexibility index (Phi) is 4.97. The molecule has 1 aromatic rings. The summed E-state index contributed by atoms with van der Waals surface area (Å²) in [5.74, 6) is 0. The zero-order valence-corrected chi connectivity index (χ0v) is 10.6. The van der Waals surface area contributed by atoms with E-state index < -0.39 is 0 Å². The molecule has 1 aromatic carbocycles. The lowest BCUT2D eigenvalue weighted by Crippen LogP contribution is -2.29. The predicted octanol–water partition coefficient (Wildman–Crippen LogP) is 2.12. The van der Waals surface area contributed by atoms with Crippen molar-refractivity contribution in [3.63, 3.8) is 0 Å². The molecule has 2 N–H and O–H groups in total. The Morgan fingerprint density at radius 2 is 1.82 bits per heavy atom. The first-order chi connectivity index (χ1) is 8.02. The minimum atomic E-state index is -0.303. The Bertz CT molecular complexity index is 360. The van der Waals surface area contributed by atoms with Gasteiger partial charge in [0, 0.05) is 20.1 Å². The molecule has 1 amide bonds. The van der Waals surface area contributed by atoms with E-state index in [1.54, 1.807) is 11.9 Å². The summed E-state index contributed by atoms with van der Waals surface area (Å²) in [5, 5.41) is 0. The highest BCUT2D eigenvalue weighted by Crippen LogP contribution is 2.07. The van der Waals surface area contributed by atoms with Crippen LogP contribution in [0, 0.1) is 0 Å². The molecular weight excluding hydrogens is 216 g/mol. The zero-order chi connectivity index (χ0) is 12.8. The SMILES string of the molecule is CC(C)OC(=O)N(C)Cc1ccc(CN)cc1. The maximum absolute atomic E-state index is 11.6. The number of nitrogens with zero attached hydrogens (tertiary/aromatic N) is 1. The molecule has 17 heavy (non-hydrogen) atoms. The van der Waals surface area contributed by atoms with Gasteiger partial charge in [0.05, 0.1) is 6.10 Å². The summed E-state index contributed by atoms with van der Waals surface area (Å²) in [6.45, 7) is 4.74. The zero-order valence-electron chi connectivity index (χ0n) is 10.6. The van der Waals surface area contributed by atoms with Gasteiger partial charge in [-0.25, -0.2) is 4.79 Å². The van der Waals surface area contributed by atoms with Crippen LogP contribution in [0.4, 0.5) is 4.79 Å². The van der Waals surface area contributed by atoms with Crippen molar-refractivity contribution in [3.05, 3.63) is 35.4 Å². The maximum atomic E-state index is 11.6. The quantitative estimate of drug-likeness (QED) is 0.871. The van der Waals surface area contributed by atoms with E-state index in [1.165, 1.54) is 0 Å². The third-order valence-electron chi connectivity index (χ3n) is 2.33. The van der Waals surface area contributed by atoms with Crippen molar-refractivity contribution >= 4 is 6.09 Å². The van der Waals surface area contributed by atoms with Crippen molar-refractivity contribution in [1.29, 1.82) is 0 Å². The number of carbonyl (C=O) groups excluding carboxylic acids is 1. The highest BCUT2D eigenvalue weighted by molar-refractivity contribution is 5.67. The molecule has 1 rings (SSSR count). The molecule has 0 unspecified atom stereocenters. The van der Waals surface area contributed by atoms with E-state index in [9.17, 15) is 4.79 Å². The average Bonchev–Trinajstić information content (AvgIpc) is 2.29. The Hall–Kier alpha value is -1.55. The summed E-state index contributed by atoms with van der Waals surface area (Å²) in [7, 11) is 1.72. The number of nitrogens with two attached hydrogens (primary N) is 1. The molecule has 0 aliphatic heterocycles. The molecule has 0 atom stereocenters. The molecule has 4 heteroatoms. The lowest BCUT2D eigenvalue weighted by Gasteiger charge is -2.18. The van der Waals surface area contributed by atoms with Crippen molar-refractivity contribution < 1.29 is 9.53 Å². The fourth-order valence-electron chi connectivity index (χ4n) is 1.41. The Morgan fingerprint density at radius 1 is 1.29 bits per heavy atom. The Morgan fingerprint density at radius 3 is 2.29 bits per heavy atom. The van der Waals surface area contributed by atoms with Gasteiger partial charge in [-0.2, -0.15) is 0 Å². The monoisotopic (exact) mass is 236 g/mol. The molecule has 0 bridgehead atoms. The van der Waals surface area contributed by atoms with Crippen LogP contribution in [-0.4, -0.2) is 24.1 Å². The lowest BCUT2D eigenvalue weighted by molar-refractivity contribution is 0.0822. The number of ether oxygens (including phenoxy) is 1. The van der Waals surface area contributed by atoms with Crippen LogP contribution in [0.25, 0.3) is 0 Å². The fraction of sp³-hybridized carbons (Fsp3) is 0.462. The van der Waals surface area contributed by atoms with Gasteiger partial charge in [0.25, 0.3) is 0 Å². The van der Waals surface area contributed by atoms with Crippen LogP contribution in [0.1, 0.15) is 25.0 Å². The van der Waals surface area contributed by atoms with Crippen LogP contribution in [-0.2, 0) is 17.8 Å². The van der Waals surface area contributed by atoms with Crippen molar-refractivity contribution in [2.24, 2.45) is 5.73 Å². The van der Waals surface area contributed by atoms with Crippen LogP contribution in [0.15, 0.2) is 24.3 Å². The van der Waals surface area contributed by atoms with Crippen LogP contribution >= 0.6 is 0 Å². The van der Waals surface area contributed by atoms with Gasteiger partial charge in [-0.15, -0.1) is 0 Å². The van der Waals surface area contributed by atoms with Gasteiger partial charge in [0.15, 0.2) is 0 Å². The molecule has 0 aliphatic rings. The van der Waals surface area contributed by atoms with Gasteiger partial charge >= 0.3 is 6.09 Å². The molecule has 0 heterocycles. The molecule has 0 radical (unpaired) electrons. The van der Waals surface area contributed by atoms with Crippen molar-refractivity contribution in [2.75, 3.05) is 7.05 Å². The summed E-state index contributed by atoms with van der Waals surface area (Å²) < 4.78 is 5.10. The molecular formula is C13H20N2O2. The van der Waals surface area contributed by atoms with Crippen molar-refractivity contribution in [2.45, 2.75) is 33.0 Å². The maximum Gasteiger partial charge on any atom is 0.410 e. The summed E-state index contributed by atoms with van der Waals surface area (Å²) >= 11 is 0. The van der Waals surface area contributed by atoms with E-state index in [0.29, 0.717) is 13.1 Å². The molecule has 0 aliphatic carbocycles. The molecule has 0 fully saturated rings. The highest BCUT2D eigenvalue weighted by atomic mass is 16.6. The minimum Gasteiger partial charge on any atom is -0.447 e. The molecule has 0 aromatic heterocycles.